The van der Waals surface area contributed by atoms with Crippen LogP contribution in [0.3, 0.4) is 0 Å². The molecule has 0 aromatic heterocycles. The first-order chi connectivity index (χ1) is 4.63. The summed E-state index contributed by atoms with van der Waals surface area (Å²) >= 11 is 0. The van der Waals surface area contributed by atoms with Crippen molar-refractivity contribution < 1.29 is 0 Å². The van der Waals surface area contributed by atoms with Crippen LogP contribution in [0.5, 0.6) is 0 Å². The smallest absolute Gasteiger partial charge is 0.0154 e. The molecule has 0 heteroatoms. The molecular weight excluding hydrogens is 120 g/mol. The Morgan fingerprint density at radius 1 is 1.50 bits per heavy atom. The van der Waals surface area contributed by atoms with Crippen LogP contribution in [0.25, 0.3) is 0 Å². The van der Waals surface area contributed by atoms with E-state index in [-0.39, 0.29) is 0 Å². The molecule has 0 amide bonds. The van der Waals surface area contributed by atoms with Crippen LogP contribution in [-0.2, 0) is 0 Å². The summed E-state index contributed by atoms with van der Waals surface area (Å²) in [6.07, 6.45) is 3.70. The van der Waals surface area contributed by atoms with E-state index in [0.29, 0.717) is 0 Å². The van der Waals surface area contributed by atoms with Crippen LogP contribution in [0.4, 0.5) is 0 Å². The quantitative estimate of drug-likeness (QED) is 0.488. The molecule has 58 valence electrons. The Hall–Kier alpha value is -0.260. The van der Waals surface area contributed by atoms with Crippen LogP contribution >= 0.6 is 0 Å². The van der Waals surface area contributed by atoms with E-state index in [9.17, 15) is 0 Å². The molecule has 0 saturated heterocycles. The van der Waals surface area contributed by atoms with Gasteiger partial charge in [-0.1, -0.05) is 32.4 Å². The van der Waals surface area contributed by atoms with Crippen LogP contribution in [0.2, 0.25) is 0 Å². The topological polar surface area (TPSA) is 0 Å². The van der Waals surface area contributed by atoms with Crippen molar-refractivity contribution in [2.24, 2.45) is 17.8 Å². The molecule has 0 fully saturated rings. The maximum absolute atomic E-state index is 2.40. The molecule has 0 bridgehead atoms. The first kappa shape index (κ1) is 7.84. The van der Waals surface area contributed by atoms with E-state index >= 15 is 0 Å². The Morgan fingerprint density at radius 2 is 2.10 bits per heavy atom. The fourth-order valence-electron chi connectivity index (χ4n) is 2.29. The minimum atomic E-state index is 0.828. The Bertz CT molecular complexity index is 142. The molecule has 0 heterocycles. The fourth-order valence-corrected chi connectivity index (χ4v) is 2.29. The van der Waals surface area contributed by atoms with Crippen LogP contribution < -0.4 is 0 Å². The summed E-state index contributed by atoms with van der Waals surface area (Å²) in [6.45, 7) is 9.28. The van der Waals surface area contributed by atoms with Gasteiger partial charge in [-0.15, -0.1) is 0 Å². The summed E-state index contributed by atoms with van der Waals surface area (Å²) in [5, 5.41) is 0. The van der Waals surface area contributed by atoms with E-state index in [0.717, 1.165) is 17.8 Å². The van der Waals surface area contributed by atoms with Crippen molar-refractivity contribution in [3.05, 3.63) is 11.6 Å². The van der Waals surface area contributed by atoms with Gasteiger partial charge in [0.1, 0.15) is 0 Å². The van der Waals surface area contributed by atoms with E-state index < -0.39 is 0 Å². The van der Waals surface area contributed by atoms with Crippen molar-refractivity contribution >= 4 is 0 Å². The molecule has 10 heavy (non-hydrogen) atoms. The molecule has 1 aliphatic rings. The highest BCUT2D eigenvalue weighted by Gasteiger charge is 2.25. The summed E-state index contributed by atoms with van der Waals surface area (Å²) in [6, 6.07) is 0. The minimum Gasteiger partial charge on any atom is -0.0850 e. The lowest BCUT2D eigenvalue weighted by Gasteiger charge is -2.21. The lowest BCUT2D eigenvalue weighted by atomic mass is 9.84. The molecule has 0 spiro atoms. The second-order valence-corrected chi connectivity index (χ2v) is 3.93. The molecule has 0 saturated carbocycles. The lowest BCUT2D eigenvalue weighted by molar-refractivity contribution is 0.343. The molecule has 1 aliphatic carbocycles. The van der Waals surface area contributed by atoms with Gasteiger partial charge in [0.05, 0.1) is 0 Å². The standard InChI is InChI=1S/C10H18/c1-7(2)10-8(3)5-6-9(10)4/h5,7,9-10H,6H2,1-4H3/t9-,10-/m0/s1. The molecule has 0 aromatic carbocycles. The molecule has 0 radical (unpaired) electrons. The van der Waals surface area contributed by atoms with Crippen molar-refractivity contribution in [2.45, 2.75) is 34.1 Å². The van der Waals surface area contributed by atoms with E-state index in [1.807, 2.05) is 0 Å². The Morgan fingerprint density at radius 3 is 2.30 bits per heavy atom. The zero-order valence-electron chi connectivity index (χ0n) is 7.52. The second-order valence-electron chi connectivity index (χ2n) is 3.93. The van der Waals surface area contributed by atoms with Crippen LogP contribution in [0.15, 0.2) is 11.6 Å². The van der Waals surface area contributed by atoms with E-state index in [1.54, 1.807) is 5.57 Å². The van der Waals surface area contributed by atoms with Crippen LogP contribution in [-0.4, -0.2) is 0 Å². The average Bonchev–Trinajstić information content (AvgIpc) is 2.11. The van der Waals surface area contributed by atoms with Gasteiger partial charge in [-0.25, -0.2) is 0 Å². The summed E-state index contributed by atoms with van der Waals surface area (Å²) in [5.41, 5.74) is 1.61. The largest absolute Gasteiger partial charge is 0.0850 e. The number of allylic oxidation sites excluding steroid dienone is 2. The van der Waals surface area contributed by atoms with Gasteiger partial charge >= 0.3 is 0 Å². The number of rotatable bonds is 1. The monoisotopic (exact) mass is 138 g/mol. The van der Waals surface area contributed by atoms with Gasteiger partial charge in [-0.05, 0) is 31.1 Å². The Balaban J connectivity index is 2.64. The third kappa shape index (κ3) is 1.25. The van der Waals surface area contributed by atoms with Gasteiger partial charge in [-0.3, -0.25) is 0 Å². The van der Waals surface area contributed by atoms with Crippen molar-refractivity contribution in [1.29, 1.82) is 0 Å². The van der Waals surface area contributed by atoms with E-state index in [1.165, 1.54) is 6.42 Å². The van der Waals surface area contributed by atoms with E-state index in [2.05, 4.69) is 33.8 Å². The third-order valence-electron chi connectivity index (χ3n) is 2.67. The summed E-state index contributed by atoms with van der Waals surface area (Å²) in [7, 11) is 0. The van der Waals surface area contributed by atoms with Crippen molar-refractivity contribution in [2.75, 3.05) is 0 Å². The molecule has 0 nitrogen and oxygen atoms in total. The number of hydrogen-bond donors (Lipinski definition) is 0. The average molecular weight is 138 g/mol. The molecule has 1 rings (SSSR count). The molecule has 0 aromatic rings. The second kappa shape index (κ2) is 2.77. The Labute approximate surface area is 64.3 Å². The highest BCUT2D eigenvalue weighted by molar-refractivity contribution is 5.12. The van der Waals surface area contributed by atoms with Gasteiger partial charge in [-0.2, -0.15) is 0 Å². The third-order valence-corrected chi connectivity index (χ3v) is 2.67. The Kier molecular flexibility index (Phi) is 2.18. The molecule has 0 N–H and O–H groups in total. The molecular formula is C10H18. The molecule has 0 unspecified atom stereocenters. The van der Waals surface area contributed by atoms with Crippen molar-refractivity contribution in [3.63, 3.8) is 0 Å². The van der Waals surface area contributed by atoms with E-state index in [4.69, 9.17) is 0 Å². The molecule has 2 atom stereocenters. The van der Waals surface area contributed by atoms with Crippen LogP contribution in [0.1, 0.15) is 34.1 Å². The van der Waals surface area contributed by atoms with Crippen molar-refractivity contribution in [1.82, 2.24) is 0 Å². The number of hydrogen-bond acceptors (Lipinski definition) is 0. The summed E-state index contributed by atoms with van der Waals surface area (Å²) in [4.78, 5) is 0. The first-order valence-electron chi connectivity index (χ1n) is 4.29. The lowest BCUT2D eigenvalue weighted by Crippen LogP contribution is -2.13. The fraction of sp³-hybridized carbons (Fsp3) is 0.800. The van der Waals surface area contributed by atoms with Crippen molar-refractivity contribution in [3.8, 4) is 0 Å². The predicted octanol–water partition coefficient (Wildman–Crippen LogP) is 3.24. The summed E-state index contributed by atoms with van der Waals surface area (Å²) in [5.74, 6) is 2.58. The SMILES string of the molecule is CC1=CC[C@H](C)[C@H]1C(C)C. The molecule has 0 aliphatic heterocycles. The zero-order valence-corrected chi connectivity index (χ0v) is 7.52. The van der Waals surface area contributed by atoms with Gasteiger partial charge in [0.15, 0.2) is 0 Å². The predicted molar refractivity (Wildman–Crippen MR) is 45.9 cm³/mol. The zero-order chi connectivity index (χ0) is 7.72. The first-order valence-corrected chi connectivity index (χ1v) is 4.29. The van der Waals surface area contributed by atoms with Gasteiger partial charge in [0.25, 0.3) is 0 Å². The van der Waals surface area contributed by atoms with Gasteiger partial charge in [0.2, 0.25) is 0 Å². The minimum absolute atomic E-state index is 0.828. The highest BCUT2D eigenvalue weighted by Crippen LogP contribution is 2.36. The maximum Gasteiger partial charge on any atom is -0.0154 e. The van der Waals surface area contributed by atoms with Gasteiger partial charge in [0, 0.05) is 0 Å². The van der Waals surface area contributed by atoms with Gasteiger partial charge < -0.3 is 0 Å². The summed E-state index contributed by atoms with van der Waals surface area (Å²) < 4.78 is 0. The highest BCUT2D eigenvalue weighted by atomic mass is 14.3. The van der Waals surface area contributed by atoms with Crippen LogP contribution in [0, 0.1) is 17.8 Å². The maximum atomic E-state index is 2.40. The normalized spacial score (nSPS) is 33.1.